The first-order valence-electron chi connectivity index (χ1n) is 11.0. The smallest absolute Gasteiger partial charge is 0.409 e. The number of ether oxygens (including phenoxy) is 2. The van der Waals surface area contributed by atoms with Crippen molar-refractivity contribution in [3.8, 4) is 0 Å². The van der Waals surface area contributed by atoms with Gasteiger partial charge >= 0.3 is 12.2 Å². The van der Waals surface area contributed by atoms with Crippen LogP contribution in [0.4, 0.5) is 9.59 Å². The molecule has 0 saturated carbocycles. The van der Waals surface area contributed by atoms with Gasteiger partial charge in [0.2, 0.25) is 0 Å². The molecule has 0 bridgehead atoms. The summed E-state index contributed by atoms with van der Waals surface area (Å²) in [4.78, 5) is 37.4. The number of rotatable bonds is 12. The van der Waals surface area contributed by atoms with E-state index in [1.165, 1.54) is 4.90 Å². The Balaban J connectivity index is 2.12. The van der Waals surface area contributed by atoms with E-state index >= 15 is 0 Å². The fourth-order valence-electron chi connectivity index (χ4n) is 2.90. The van der Waals surface area contributed by atoms with Crippen LogP contribution in [-0.4, -0.2) is 48.6 Å². The van der Waals surface area contributed by atoms with Crippen molar-refractivity contribution >= 4 is 18.0 Å². The number of ketones is 1. The molecule has 0 aliphatic carbocycles. The van der Waals surface area contributed by atoms with Crippen molar-refractivity contribution in [3.63, 3.8) is 0 Å². The van der Waals surface area contributed by atoms with Crippen molar-refractivity contribution in [1.29, 1.82) is 0 Å². The number of amides is 2. The van der Waals surface area contributed by atoms with Crippen LogP contribution in [0.25, 0.3) is 0 Å². The number of hydrogen-bond donors (Lipinski definition) is 1. The molecule has 1 atom stereocenters. The molecule has 0 saturated heterocycles. The molecule has 0 aliphatic rings. The van der Waals surface area contributed by atoms with Gasteiger partial charge in [0.25, 0.3) is 0 Å². The van der Waals surface area contributed by atoms with Gasteiger partial charge in [0.1, 0.15) is 18.0 Å². The summed E-state index contributed by atoms with van der Waals surface area (Å²) in [6.07, 6.45) is 2.68. The lowest BCUT2D eigenvalue weighted by molar-refractivity contribution is -0.122. The number of carbonyl (C=O) groups excluding carboxylic acids is 3. The number of hydrogen-bond acceptors (Lipinski definition) is 5. The predicted molar refractivity (Wildman–Crippen MR) is 121 cm³/mol. The Labute approximate surface area is 186 Å². The summed E-state index contributed by atoms with van der Waals surface area (Å²) in [5, 5.41) is 2.72. The highest BCUT2D eigenvalue weighted by Crippen LogP contribution is 2.13. The highest BCUT2D eigenvalue weighted by Gasteiger charge is 2.16. The molecule has 0 aliphatic heterocycles. The van der Waals surface area contributed by atoms with Crippen LogP contribution in [0.15, 0.2) is 30.3 Å². The monoisotopic (exact) mass is 434 g/mol. The molecule has 0 spiro atoms. The van der Waals surface area contributed by atoms with Crippen LogP contribution in [0.3, 0.4) is 0 Å². The minimum absolute atomic E-state index is 0.0307. The minimum Gasteiger partial charge on any atom is -0.445 e. The molecule has 174 valence electrons. The van der Waals surface area contributed by atoms with Gasteiger partial charge in [0.05, 0.1) is 0 Å². The zero-order valence-corrected chi connectivity index (χ0v) is 19.6. The van der Waals surface area contributed by atoms with Crippen LogP contribution >= 0.6 is 0 Å². The molecular formula is C24H38N2O5. The van der Waals surface area contributed by atoms with E-state index in [1.54, 1.807) is 7.05 Å². The van der Waals surface area contributed by atoms with E-state index in [0.29, 0.717) is 25.9 Å². The van der Waals surface area contributed by atoms with Gasteiger partial charge in [-0.05, 0) is 45.6 Å². The number of alkyl carbamates (subject to hydrolysis) is 1. The quantitative estimate of drug-likeness (QED) is 0.471. The Bertz CT molecular complexity index is 685. The molecule has 1 unspecified atom stereocenters. The van der Waals surface area contributed by atoms with Crippen LogP contribution in [-0.2, 0) is 20.9 Å². The van der Waals surface area contributed by atoms with Crippen molar-refractivity contribution < 1.29 is 23.9 Å². The minimum atomic E-state index is -0.502. The Morgan fingerprint density at radius 2 is 1.74 bits per heavy atom. The second-order valence-corrected chi connectivity index (χ2v) is 8.86. The summed E-state index contributed by atoms with van der Waals surface area (Å²) in [5.41, 5.74) is 0.437. The summed E-state index contributed by atoms with van der Waals surface area (Å²) in [6.45, 7) is 8.66. The van der Waals surface area contributed by atoms with Crippen molar-refractivity contribution in [2.75, 3.05) is 20.1 Å². The fourth-order valence-corrected chi connectivity index (χ4v) is 2.90. The zero-order chi connectivity index (χ0) is 23.3. The highest BCUT2D eigenvalue weighted by molar-refractivity contribution is 5.80. The number of Topliss-reactive ketones (excluding diaryl/α,β-unsaturated/α-hetero) is 1. The molecule has 1 aromatic rings. The molecule has 2 amide bonds. The average Bonchev–Trinajstić information content (AvgIpc) is 2.70. The first kappa shape index (κ1) is 26.5. The second kappa shape index (κ2) is 13.7. The molecule has 7 nitrogen and oxygen atoms in total. The molecule has 0 fully saturated rings. The first-order chi connectivity index (χ1) is 14.6. The van der Waals surface area contributed by atoms with Crippen molar-refractivity contribution in [1.82, 2.24) is 10.2 Å². The van der Waals surface area contributed by atoms with Gasteiger partial charge < -0.3 is 19.7 Å². The van der Waals surface area contributed by atoms with Crippen LogP contribution in [0, 0.1) is 5.92 Å². The summed E-state index contributed by atoms with van der Waals surface area (Å²) < 4.78 is 10.5. The van der Waals surface area contributed by atoms with E-state index in [0.717, 1.165) is 24.8 Å². The van der Waals surface area contributed by atoms with Gasteiger partial charge in [-0.2, -0.15) is 0 Å². The second-order valence-electron chi connectivity index (χ2n) is 8.86. The third-order valence-electron chi connectivity index (χ3n) is 4.72. The third kappa shape index (κ3) is 12.7. The largest absolute Gasteiger partial charge is 0.445 e. The van der Waals surface area contributed by atoms with E-state index in [-0.39, 0.29) is 24.4 Å². The summed E-state index contributed by atoms with van der Waals surface area (Å²) in [7, 11) is 1.68. The molecular weight excluding hydrogens is 396 g/mol. The van der Waals surface area contributed by atoms with Crippen molar-refractivity contribution in [2.24, 2.45) is 5.92 Å². The SMILES string of the molecule is CC(CCCCNC(=O)OC(C)(C)C)C(=O)CCCN(C)C(=O)OCc1ccccc1. The number of unbranched alkanes of at least 4 members (excludes halogenated alkanes) is 1. The van der Waals surface area contributed by atoms with Gasteiger partial charge in [0, 0.05) is 32.5 Å². The topological polar surface area (TPSA) is 84.9 Å². The van der Waals surface area contributed by atoms with Crippen LogP contribution < -0.4 is 5.32 Å². The predicted octanol–water partition coefficient (Wildman–Crippen LogP) is 4.94. The number of carbonyl (C=O) groups is 3. The van der Waals surface area contributed by atoms with Crippen LogP contribution in [0.2, 0.25) is 0 Å². The Hall–Kier alpha value is -2.57. The molecule has 0 heterocycles. The van der Waals surface area contributed by atoms with Crippen molar-refractivity contribution in [2.45, 2.75) is 72.0 Å². The average molecular weight is 435 g/mol. The molecule has 0 radical (unpaired) electrons. The summed E-state index contributed by atoms with van der Waals surface area (Å²) in [6, 6.07) is 9.52. The molecule has 1 aromatic carbocycles. The van der Waals surface area contributed by atoms with E-state index in [4.69, 9.17) is 9.47 Å². The number of nitrogens with zero attached hydrogens (tertiary/aromatic N) is 1. The van der Waals surface area contributed by atoms with Gasteiger partial charge in [0.15, 0.2) is 0 Å². The Kier molecular flexibility index (Phi) is 11.7. The van der Waals surface area contributed by atoms with Gasteiger partial charge in [-0.15, -0.1) is 0 Å². The molecule has 0 aromatic heterocycles. The van der Waals surface area contributed by atoms with E-state index in [1.807, 2.05) is 58.0 Å². The summed E-state index contributed by atoms with van der Waals surface area (Å²) >= 11 is 0. The lowest BCUT2D eigenvalue weighted by Gasteiger charge is -2.19. The third-order valence-corrected chi connectivity index (χ3v) is 4.72. The maximum atomic E-state index is 12.3. The molecule has 7 heteroatoms. The van der Waals surface area contributed by atoms with Crippen LogP contribution in [0.5, 0.6) is 0 Å². The number of benzene rings is 1. The molecule has 1 rings (SSSR count). The standard InChI is InChI=1S/C24H38N2O5/c1-19(12-9-10-16-25-22(28)31-24(2,3)4)21(27)15-11-17-26(5)23(29)30-18-20-13-7-6-8-14-20/h6-8,13-14,19H,9-12,15-18H2,1-5H3,(H,25,28). The van der Waals surface area contributed by atoms with E-state index < -0.39 is 11.7 Å². The first-order valence-corrected chi connectivity index (χ1v) is 11.0. The van der Waals surface area contributed by atoms with Crippen LogP contribution in [0.1, 0.15) is 65.4 Å². The Morgan fingerprint density at radius 1 is 1.06 bits per heavy atom. The van der Waals surface area contributed by atoms with Gasteiger partial charge in [-0.3, -0.25) is 4.79 Å². The lowest BCUT2D eigenvalue weighted by atomic mass is 9.96. The Morgan fingerprint density at radius 3 is 2.39 bits per heavy atom. The van der Waals surface area contributed by atoms with Crippen molar-refractivity contribution in [3.05, 3.63) is 35.9 Å². The molecule has 31 heavy (non-hydrogen) atoms. The maximum Gasteiger partial charge on any atom is 0.409 e. The summed E-state index contributed by atoms with van der Waals surface area (Å²) in [5.74, 6) is 0.169. The zero-order valence-electron chi connectivity index (χ0n) is 19.6. The number of nitrogens with one attached hydrogen (secondary N) is 1. The highest BCUT2D eigenvalue weighted by atomic mass is 16.6. The lowest BCUT2D eigenvalue weighted by Crippen LogP contribution is -2.33. The molecule has 1 N–H and O–H groups in total. The van der Waals surface area contributed by atoms with E-state index in [2.05, 4.69) is 5.32 Å². The fraction of sp³-hybridized carbons (Fsp3) is 0.625. The van der Waals surface area contributed by atoms with Gasteiger partial charge in [-0.25, -0.2) is 9.59 Å². The maximum absolute atomic E-state index is 12.3. The normalized spacial score (nSPS) is 12.0. The van der Waals surface area contributed by atoms with Gasteiger partial charge in [-0.1, -0.05) is 43.7 Å². The van der Waals surface area contributed by atoms with E-state index in [9.17, 15) is 14.4 Å².